The van der Waals surface area contributed by atoms with E-state index in [1.807, 2.05) is 18.9 Å². The van der Waals surface area contributed by atoms with Gasteiger partial charge in [-0.25, -0.2) is 4.98 Å². The monoisotopic (exact) mass is 477 g/mol. The Hall–Kier alpha value is -1.38. The van der Waals surface area contributed by atoms with E-state index < -0.39 is 0 Å². The fourth-order valence-electron chi connectivity index (χ4n) is 5.04. The molecule has 2 aliphatic rings. The molecule has 1 saturated heterocycles. The van der Waals surface area contributed by atoms with E-state index in [-0.39, 0.29) is 22.8 Å². The highest BCUT2D eigenvalue weighted by molar-refractivity contribution is 8.00. The van der Waals surface area contributed by atoms with E-state index in [1.165, 1.54) is 31.0 Å². The third-order valence-electron chi connectivity index (χ3n) is 6.94. The summed E-state index contributed by atoms with van der Waals surface area (Å²) in [4.78, 5) is 35.6. The molecule has 6 nitrogen and oxygen atoms in total. The van der Waals surface area contributed by atoms with E-state index in [2.05, 4.69) is 13.8 Å². The lowest BCUT2D eigenvalue weighted by Gasteiger charge is -2.32. The smallest absolute Gasteiger partial charge is 0.263 e. The number of amides is 1. The first-order chi connectivity index (χ1) is 15.4. The number of hydrogen-bond donors (Lipinski definition) is 0. The highest BCUT2D eigenvalue weighted by Gasteiger charge is 2.29. The number of aromatic nitrogens is 2. The van der Waals surface area contributed by atoms with Crippen LogP contribution in [0.15, 0.2) is 9.95 Å². The molecule has 0 bridgehead atoms. The van der Waals surface area contributed by atoms with Crippen molar-refractivity contribution in [3.8, 4) is 0 Å². The van der Waals surface area contributed by atoms with Gasteiger partial charge in [-0.05, 0) is 51.5 Å². The molecule has 0 radical (unpaired) electrons. The van der Waals surface area contributed by atoms with Gasteiger partial charge in [0.2, 0.25) is 5.91 Å². The number of nitrogens with zero attached hydrogens (tertiary/aromatic N) is 3. The summed E-state index contributed by atoms with van der Waals surface area (Å²) >= 11 is 3.00. The molecule has 1 aliphatic carbocycles. The zero-order valence-corrected chi connectivity index (χ0v) is 21.3. The molecule has 2 fully saturated rings. The van der Waals surface area contributed by atoms with Gasteiger partial charge in [0, 0.05) is 24.6 Å². The molecule has 2 aromatic heterocycles. The Morgan fingerprint density at radius 3 is 2.69 bits per heavy atom. The summed E-state index contributed by atoms with van der Waals surface area (Å²) < 4.78 is 7.62. The molecule has 1 saturated carbocycles. The van der Waals surface area contributed by atoms with E-state index >= 15 is 0 Å². The summed E-state index contributed by atoms with van der Waals surface area (Å²) in [7, 11) is 1.93. The average Bonchev–Trinajstić information content (AvgIpc) is 3.42. The maximum Gasteiger partial charge on any atom is 0.263 e. The van der Waals surface area contributed by atoms with Crippen LogP contribution in [0.1, 0.15) is 69.2 Å². The Balaban J connectivity index is 1.65. The quantitative estimate of drug-likeness (QED) is 0.424. The second-order valence-corrected chi connectivity index (χ2v) is 11.6. The first-order valence-corrected chi connectivity index (χ1v) is 13.7. The number of aryl methyl sites for hydroxylation is 2. The molecule has 3 heterocycles. The molecule has 1 aliphatic heterocycles. The van der Waals surface area contributed by atoms with Crippen LogP contribution in [0.25, 0.3) is 10.2 Å². The molecule has 1 amide bonds. The van der Waals surface area contributed by atoms with Crippen LogP contribution >= 0.6 is 23.1 Å². The van der Waals surface area contributed by atoms with E-state index in [1.54, 1.807) is 15.9 Å². The molecule has 2 unspecified atom stereocenters. The summed E-state index contributed by atoms with van der Waals surface area (Å²) in [6, 6.07) is 0.330. The maximum absolute atomic E-state index is 13.6. The van der Waals surface area contributed by atoms with Crippen LogP contribution in [0.3, 0.4) is 0 Å². The van der Waals surface area contributed by atoms with Crippen molar-refractivity contribution >= 4 is 39.2 Å². The molecule has 0 spiro atoms. The molecular formula is C24H35N3O3S2. The first-order valence-electron chi connectivity index (χ1n) is 12.0. The zero-order valence-electron chi connectivity index (χ0n) is 19.7. The number of hydrogen-bond acceptors (Lipinski definition) is 6. The second kappa shape index (κ2) is 10.3. The minimum atomic E-state index is -0.297. The zero-order chi connectivity index (χ0) is 22.8. The normalized spacial score (nSPS) is 20.7. The number of carbonyl (C=O) groups is 1. The van der Waals surface area contributed by atoms with Gasteiger partial charge in [-0.15, -0.1) is 11.3 Å². The van der Waals surface area contributed by atoms with Crippen molar-refractivity contribution in [1.29, 1.82) is 0 Å². The molecule has 32 heavy (non-hydrogen) atoms. The Bertz CT molecular complexity index is 1020. The Labute approximate surface area is 198 Å². The van der Waals surface area contributed by atoms with E-state index in [0.29, 0.717) is 17.7 Å². The molecule has 2 aromatic rings. The number of thiophene rings is 1. The van der Waals surface area contributed by atoms with Crippen LogP contribution < -0.4 is 5.56 Å². The van der Waals surface area contributed by atoms with Crippen molar-refractivity contribution in [1.82, 2.24) is 14.5 Å². The lowest BCUT2D eigenvalue weighted by atomic mass is 9.94. The molecule has 2 atom stereocenters. The highest BCUT2D eigenvalue weighted by atomic mass is 32.2. The van der Waals surface area contributed by atoms with Crippen LogP contribution in [0.4, 0.5) is 0 Å². The molecular weight excluding hydrogens is 442 g/mol. The van der Waals surface area contributed by atoms with Gasteiger partial charge in [0.05, 0.1) is 23.3 Å². The van der Waals surface area contributed by atoms with E-state index in [0.717, 1.165) is 59.4 Å². The van der Waals surface area contributed by atoms with Crippen molar-refractivity contribution < 1.29 is 9.53 Å². The van der Waals surface area contributed by atoms with Crippen LogP contribution in [0.2, 0.25) is 0 Å². The van der Waals surface area contributed by atoms with Gasteiger partial charge >= 0.3 is 0 Å². The van der Waals surface area contributed by atoms with Crippen LogP contribution in [0.5, 0.6) is 0 Å². The van der Waals surface area contributed by atoms with Crippen molar-refractivity contribution in [2.45, 2.75) is 101 Å². The summed E-state index contributed by atoms with van der Waals surface area (Å²) in [5.41, 5.74) is 1.11. The number of thioether (sulfide) groups is 1. The Morgan fingerprint density at radius 2 is 2.03 bits per heavy atom. The number of fused-ring (bicyclic) bond motifs is 1. The Kier molecular flexibility index (Phi) is 7.62. The summed E-state index contributed by atoms with van der Waals surface area (Å²) in [5, 5.41) is 1.09. The molecule has 0 aromatic carbocycles. The lowest BCUT2D eigenvalue weighted by molar-refractivity contribution is -0.131. The van der Waals surface area contributed by atoms with Crippen LogP contribution in [-0.4, -0.2) is 51.4 Å². The third-order valence-corrected chi connectivity index (χ3v) is 9.06. The molecule has 0 N–H and O–H groups in total. The van der Waals surface area contributed by atoms with Crippen LogP contribution in [-0.2, 0) is 22.5 Å². The van der Waals surface area contributed by atoms with Crippen molar-refractivity contribution in [3.05, 3.63) is 20.8 Å². The van der Waals surface area contributed by atoms with Gasteiger partial charge in [-0.2, -0.15) is 0 Å². The van der Waals surface area contributed by atoms with E-state index in [4.69, 9.17) is 9.72 Å². The van der Waals surface area contributed by atoms with Gasteiger partial charge in [0.25, 0.3) is 5.56 Å². The summed E-state index contributed by atoms with van der Waals surface area (Å²) in [5.74, 6) is 0.122. The Morgan fingerprint density at radius 1 is 1.28 bits per heavy atom. The fourth-order valence-corrected chi connectivity index (χ4v) is 7.22. The average molecular weight is 478 g/mol. The minimum Gasteiger partial charge on any atom is -0.376 e. The van der Waals surface area contributed by atoms with Gasteiger partial charge in [0.1, 0.15) is 4.83 Å². The lowest BCUT2D eigenvalue weighted by Crippen LogP contribution is -2.42. The third kappa shape index (κ3) is 4.77. The first kappa shape index (κ1) is 23.8. The number of rotatable bonds is 7. The maximum atomic E-state index is 13.6. The fraction of sp³-hybridized carbons (Fsp3) is 0.708. The summed E-state index contributed by atoms with van der Waals surface area (Å²) in [6.07, 6.45) is 8.66. The summed E-state index contributed by atoms with van der Waals surface area (Å²) in [6.45, 7) is 7.34. The number of carbonyl (C=O) groups excluding carboxylic acids is 1. The SMILES string of the molecule is CCc1c(C)sc2nc(SC(C)C(=O)N(C)C3CCCCC3)n(CC3CCCO3)c(=O)c12. The second-order valence-electron chi connectivity index (χ2n) is 9.12. The van der Waals surface area contributed by atoms with Crippen molar-refractivity contribution in [3.63, 3.8) is 0 Å². The van der Waals surface area contributed by atoms with E-state index in [9.17, 15) is 9.59 Å². The topological polar surface area (TPSA) is 64.4 Å². The predicted molar refractivity (Wildman–Crippen MR) is 132 cm³/mol. The van der Waals surface area contributed by atoms with Crippen molar-refractivity contribution in [2.24, 2.45) is 0 Å². The van der Waals surface area contributed by atoms with Crippen LogP contribution in [0, 0.1) is 6.92 Å². The van der Waals surface area contributed by atoms with Gasteiger partial charge in [0.15, 0.2) is 5.16 Å². The largest absolute Gasteiger partial charge is 0.376 e. The molecule has 8 heteroatoms. The van der Waals surface area contributed by atoms with Gasteiger partial charge in [-0.3, -0.25) is 14.2 Å². The van der Waals surface area contributed by atoms with Gasteiger partial charge < -0.3 is 9.64 Å². The van der Waals surface area contributed by atoms with Crippen molar-refractivity contribution in [2.75, 3.05) is 13.7 Å². The minimum absolute atomic E-state index is 0.00878. The van der Waals surface area contributed by atoms with Gasteiger partial charge in [-0.1, -0.05) is 37.9 Å². The standard InChI is InChI=1S/C24H35N3O3S2/c1-5-19-15(2)31-21-20(19)23(29)27(14-18-12-9-13-30-18)24(25-21)32-16(3)22(28)26(4)17-10-7-6-8-11-17/h16-18H,5-14H2,1-4H3. The highest BCUT2D eigenvalue weighted by Crippen LogP contribution is 2.32. The predicted octanol–water partition coefficient (Wildman–Crippen LogP) is 4.78. The molecule has 4 rings (SSSR count). The molecule has 176 valence electrons. The number of ether oxygens (including phenoxy) is 1.